The lowest BCUT2D eigenvalue weighted by Crippen LogP contribution is -2.42. The van der Waals surface area contributed by atoms with Gasteiger partial charge in [0.2, 0.25) is 0 Å². The highest BCUT2D eigenvalue weighted by Crippen LogP contribution is 2.26. The van der Waals surface area contributed by atoms with Crippen LogP contribution in [0.1, 0.15) is 13.8 Å². The summed E-state index contributed by atoms with van der Waals surface area (Å²) in [7, 11) is 0. The first-order valence-electron chi connectivity index (χ1n) is 6.23. The highest BCUT2D eigenvalue weighted by atomic mass is 32.1. The number of ether oxygens (including phenoxy) is 2. The number of carbonyl (C=O) groups is 2. The van der Waals surface area contributed by atoms with Crippen LogP contribution in [0.4, 0.5) is 5.13 Å². The van der Waals surface area contributed by atoms with Crippen LogP contribution in [0.2, 0.25) is 0 Å². The van der Waals surface area contributed by atoms with Gasteiger partial charge in [0.25, 0.3) is 5.79 Å². The Hall–Kier alpha value is -2.41. The summed E-state index contributed by atoms with van der Waals surface area (Å²) >= 11 is 1.42. The molecule has 0 amide bonds. The predicted molar refractivity (Wildman–Crippen MR) is 77.6 cm³/mol. The number of hydrogen-bond acceptors (Lipinski definition) is 7. The summed E-state index contributed by atoms with van der Waals surface area (Å²) in [6.45, 7) is 3.00. The van der Waals surface area contributed by atoms with E-state index in [1.807, 2.05) is 24.3 Å². The zero-order valence-corrected chi connectivity index (χ0v) is 12.2. The summed E-state index contributed by atoms with van der Waals surface area (Å²) < 4.78 is 11.0. The van der Waals surface area contributed by atoms with Gasteiger partial charge >= 0.3 is 11.9 Å². The minimum atomic E-state index is -1.23. The van der Waals surface area contributed by atoms with Crippen LogP contribution >= 0.6 is 11.3 Å². The SMILES string of the molecule is CC1(C)OC(=O)C(=CNc2nc3ccccc3s2)C(=O)O1. The first kappa shape index (κ1) is 13.6. The molecule has 21 heavy (non-hydrogen) atoms. The number of aromatic nitrogens is 1. The number of rotatable bonds is 2. The van der Waals surface area contributed by atoms with Gasteiger partial charge in [-0.15, -0.1) is 0 Å². The number of benzene rings is 1. The average molecular weight is 304 g/mol. The topological polar surface area (TPSA) is 77.5 Å². The number of para-hydroxylation sites is 1. The van der Waals surface area contributed by atoms with Gasteiger partial charge in [-0.2, -0.15) is 0 Å². The van der Waals surface area contributed by atoms with E-state index in [4.69, 9.17) is 9.47 Å². The molecule has 0 radical (unpaired) electrons. The molecule has 0 unspecified atom stereocenters. The Bertz CT molecular complexity index is 708. The van der Waals surface area contributed by atoms with Crippen LogP contribution in [-0.4, -0.2) is 22.7 Å². The minimum Gasteiger partial charge on any atom is -0.419 e. The van der Waals surface area contributed by atoms with Crippen LogP contribution in [0.25, 0.3) is 10.2 Å². The molecule has 1 fully saturated rings. The minimum absolute atomic E-state index is 0.186. The van der Waals surface area contributed by atoms with Crippen LogP contribution in [0.5, 0.6) is 0 Å². The van der Waals surface area contributed by atoms with E-state index < -0.39 is 17.7 Å². The molecule has 0 saturated carbocycles. The zero-order valence-electron chi connectivity index (χ0n) is 11.4. The number of nitrogens with zero attached hydrogens (tertiary/aromatic N) is 1. The van der Waals surface area contributed by atoms with Gasteiger partial charge in [0.1, 0.15) is 0 Å². The number of thiazole rings is 1. The molecule has 0 atom stereocenters. The molecule has 1 aromatic carbocycles. The Morgan fingerprint density at radius 2 is 1.86 bits per heavy atom. The molecule has 7 heteroatoms. The lowest BCUT2D eigenvalue weighted by molar-refractivity contribution is -0.222. The molecule has 0 bridgehead atoms. The van der Waals surface area contributed by atoms with Gasteiger partial charge < -0.3 is 14.8 Å². The van der Waals surface area contributed by atoms with Crippen LogP contribution < -0.4 is 5.32 Å². The second kappa shape index (κ2) is 4.85. The molecule has 0 aliphatic carbocycles. The standard InChI is InChI=1S/C14H12N2O4S/c1-14(2)19-11(17)8(12(18)20-14)7-15-13-16-9-5-3-4-6-10(9)21-13/h3-7H,1-2H3,(H,15,16). The Morgan fingerprint density at radius 1 is 1.19 bits per heavy atom. The highest BCUT2D eigenvalue weighted by molar-refractivity contribution is 7.22. The Labute approximate surface area is 124 Å². The lowest BCUT2D eigenvalue weighted by Gasteiger charge is -2.29. The predicted octanol–water partition coefficient (Wildman–Crippen LogP) is 2.43. The van der Waals surface area contributed by atoms with Crippen molar-refractivity contribution in [2.75, 3.05) is 5.32 Å². The van der Waals surface area contributed by atoms with Gasteiger partial charge in [-0.25, -0.2) is 14.6 Å². The molecule has 1 saturated heterocycles. The zero-order chi connectivity index (χ0) is 15.0. The number of hydrogen-bond donors (Lipinski definition) is 1. The van der Waals surface area contributed by atoms with Gasteiger partial charge in [0, 0.05) is 20.0 Å². The Morgan fingerprint density at radius 3 is 2.52 bits per heavy atom. The fraction of sp³-hybridized carbons (Fsp3) is 0.214. The number of anilines is 1. The van der Waals surface area contributed by atoms with Crippen molar-refractivity contribution in [3.8, 4) is 0 Å². The van der Waals surface area contributed by atoms with Crippen molar-refractivity contribution in [2.45, 2.75) is 19.6 Å². The van der Waals surface area contributed by atoms with E-state index >= 15 is 0 Å². The monoisotopic (exact) mass is 304 g/mol. The van der Waals surface area contributed by atoms with E-state index in [9.17, 15) is 9.59 Å². The fourth-order valence-electron chi connectivity index (χ4n) is 1.85. The molecule has 1 aliphatic heterocycles. The van der Waals surface area contributed by atoms with Crippen molar-refractivity contribution in [3.63, 3.8) is 0 Å². The van der Waals surface area contributed by atoms with Crippen LogP contribution in [0.15, 0.2) is 36.0 Å². The van der Waals surface area contributed by atoms with Crippen molar-refractivity contribution in [3.05, 3.63) is 36.0 Å². The molecule has 6 nitrogen and oxygen atoms in total. The summed E-state index contributed by atoms with van der Waals surface area (Å²) in [5.41, 5.74) is 0.659. The van der Waals surface area contributed by atoms with Crippen molar-refractivity contribution in [1.82, 2.24) is 4.98 Å². The summed E-state index contributed by atoms with van der Waals surface area (Å²) in [4.78, 5) is 27.9. The van der Waals surface area contributed by atoms with Gasteiger partial charge in [-0.3, -0.25) is 0 Å². The Balaban J connectivity index is 1.82. The first-order valence-corrected chi connectivity index (χ1v) is 7.05. The maximum absolute atomic E-state index is 11.8. The molecular weight excluding hydrogens is 292 g/mol. The maximum Gasteiger partial charge on any atom is 0.350 e. The first-order chi connectivity index (χ1) is 9.94. The number of nitrogens with one attached hydrogen (secondary N) is 1. The second-order valence-electron chi connectivity index (χ2n) is 4.87. The molecule has 1 N–H and O–H groups in total. The third kappa shape index (κ3) is 2.73. The summed E-state index contributed by atoms with van der Waals surface area (Å²) in [6.07, 6.45) is 1.26. The third-order valence-corrected chi connectivity index (χ3v) is 3.72. The molecule has 3 rings (SSSR count). The van der Waals surface area contributed by atoms with Crippen molar-refractivity contribution < 1.29 is 19.1 Å². The molecular formula is C14H12N2O4S. The number of fused-ring (bicyclic) bond motifs is 1. The van der Waals surface area contributed by atoms with E-state index in [0.717, 1.165) is 10.2 Å². The van der Waals surface area contributed by atoms with Crippen molar-refractivity contribution >= 4 is 38.6 Å². The molecule has 108 valence electrons. The second-order valence-corrected chi connectivity index (χ2v) is 5.90. The van der Waals surface area contributed by atoms with E-state index in [1.165, 1.54) is 31.4 Å². The Kier molecular flexibility index (Phi) is 3.13. The van der Waals surface area contributed by atoms with E-state index in [1.54, 1.807) is 0 Å². The van der Waals surface area contributed by atoms with Gasteiger partial charge in [-0.05, 0) is 12.1 Å². The van der Waals surface area contributed by atoms with Crippen molar-refractivity contribution in [2.24, 2.45) is 0 Å². The normalized spacial score (nSPS) is 17.3. The summed E-state index contributed by atoms with van der Waals surface area (Å²) in [5.74, 6) is -2.67. The van der Waals surface area contributed by atoms with E-state index in [-0.39, 0.29) is 5.57 Å². The van der Waals surface area contributed by atoms with Gasteiger partial charge in [0.05, 0.1) is 10.2 Å². The molecule has 0 spiro atoms. The number of cyclic esters (lactones) is 2. The van der Waals surface area contributed by atoms with Gasteiger partial charge in [0.15, 0.2) is 10.7 Å². The third-order valence-electron chi connectivity index (χ3n) is 2.75. The van der Waals surface area contributed by atoms with Crippen LogP contribution in [0, 0.1) is 0 Å². The molecule has 2 heterocycles. The van der Waals surface area contributed by atoms with Crippen molar-refractivity contribution in [1.29, 1.82) is 0 Å². The van der Waals surface area contributed by atoms with E-state index in [0.29, 0.717) is 5.13 Å². The quantitative estimate of drug-likeness (QED) is 0.521. The largest absolute Gasteiger partial charge is 0.419 e. The van der Waals surface area contributed by atoms with Crippen LogP contribution in [-0.2, 0) is 19.1 Å². The summed E-state index contributed by atoms with van der Waals surface area (Å²) in [6, 6.07) is 7.63. The molecule has 2 aromatic rings. The number of esters is 2. The average Bonchev–Trinajstić information content (AvgIpc) is 2.78. The molecule has 1 aromatic heterocycles. The van der Waals surface area contributed by atoms with E-state index in [2.05, 4.69) is 10.3 Å². The van der Waals surface area contributed by atoms with Crippen LogP contribution in [0.3, 0.4) is 0 Å². The molecule has 1 aliphatic rings. The highest BCUT2D eigenvalue weighted by Gasteiger charge is 2.38. The number of carbonyl (C=O) groups excluding carboxylic acids is 2. The summed E-state index contributed by atoms with van der Waals surface area (Å²) in [5, 5.41) is 3.41. The smallest absolute Gasteiger partial charge is 0.350 e. The maximum atomic E-state index is 11.8. The fourth-order valence-corrected chi connectivity index (χ4v) is 2.68. The van der Waals surface area contributed by atoms with Gasteiger partial charge in [-0.1, -0.05) is 23.5 Å². The lowest BCUT2D eigenvalue weighted by atomic mass is 10.2.